The fraction of sp³-hybridized carbons (Fsp3) is 0.400. The summed E-state index contributed by atoms with van der Waals surface area (Å²) in [5, 5.41) is 2.66. The molecule has 0 heterocycles. The zero-order chi connectivity index (χ0) is 10.9. The average molecular weight is 203 g/mol. The third-order valence-corrected chi connectivity index (χ3v) is 2.24. The second-order valence-electron chi connectivity index (χ2n) is 3.23. The first kappa shape index (κ1) is 11.0. The minimum absolute atomic E-state index is 0.0212. The normalized spacial score (nSPS) is 13.0. The average Bonchev–Trinajstić information content (AvgIpc) is 2.14. The summed E-state index contributed by atoms with van der Waals surface area (Å²) in [6.07, 6.45) is 0. The Hall–Kier alpha value is -1.03. The first-order chi connectivity index (χ1) is 6.49. The van der Waals surface area contributed by atoms with Crippen LogP contribution < -0.4 is 5.32 Å². The van der Waals surface area contributed by atoms with Gasteiger partial charge < -0.3 is 5.32 Å². The van der Waals surface area contributed by atoms with Crippen molar-refractivity contribution < 1.29 is 13.2 Å². The van der Waals surface area contributed by atoms with Crippen molar-refractivity contribution in [3.8, 4) is 0 Å². The summed E-state index contributed by atoms with van der Waals surface area (Å²) in [5.74, 6) is -2.81. The van der Waals surface area contributed by atoms with Crippen LogP contribution >= 0.6 is 0 Å². The zero-order valence-corrected chi connectivity index (χ0v) is 8.29. The van der Waals surface area contributed by atoms with Gasteiger partial charge in [0.25, 0.3) is 0 Å². The summed E-state index contributed by atoms with van der Waals surface area (Å²) in [4.78, 5) is 0. The van der Waals surface area contributed by atoms with Crippen molar-refractivity contribution in [3.63, 3.8) is 0 Å². The molecule has 0 aliphatic carbocycles. The SMILES string of the molecule is CN[C@H](C)c1c(F)cc(C)c(F)c1F. The molecule has 0 bridgehead atoms. The van der Waals surface area contributed by atoms with Gasteiger partial charge in [-0.05, 0) is 32.5 Å². The topological polar surface area (TPSA) is 12.0 Å². The first-order valence-electron chi connectivity index (χ1n) is 4.30. The van der Waals surface area contributed by atoms with Crippen LogP contribution in [0.15, 0.2) is 6.07 Å². The van der Waals surface area contributed by atoms with E-state index in [1.807, 2.05) is 0 Å². The summed E-state index contributed by atoms with van der Waals surface area (Å²) < 4.78 is 39.7. The minimum Gasteiger partial charge on any atom is -0.313 e. The lowest BCUT2D eigenvalue weighted by atomic mass is 10.0. The van der Waals surface area contributed by atoms with Gasteiger partial charge in [-0.3, -0.25) is 0 Å². The number of halogens is 3. The zero-order valence-electron chi connectivity index (χ0n) is 8.29. The van der Waals surface area contributed by atoms with Crippen molar-refractivity contribution in [3.05, 3.63) is 34.6 Å². The van der Waals surface area contributed by atoms with Gasteiger partial charge in [-0.15, -0.1) is 0 Å². The van der Waals surface area contributed by atoms with Crippen LogP contribution in [0.25, 0.3) is 0 Å². The molecule has 1 nitrogen and oxygen atoms in total. The lowest BCUT2D eigenvalue weighted by Gasteiger charge is -2.14. The van der Waals surface area contributed by atoms with Crippen molar-refractivity contribution >= 4 is 0 Å². The predicted octanol–water partition coefficient (Wildman–Crippen LogP) is 2.69. The van der Waals surface area contributed by atoms with E-state index in [1.54, 1.807) is 14.0 Å². The Balaban J connectivity index is 3.36. The van der Waals surface area contributed by atoms with Gasteiger partial charge in [0.15, 0.2) is 11.6 Å². The van der Waals surface area contributed by atoms with Gasteiger partial charge in [0.1, 0.15) is 5.82 Å². The van der Waals surface area contributed by atoms with Crippen LogP contribution in [-0.2, 0) is 0 Å². The second-order valence-corrected chi connectivity index (χ2v) is 3.23. The Morgan fingerprint density at radius 2 is 1.79 bits per heavy atom. The molecule has 1 N–H and O–H groups in total. The van der Waals surface area contributed by atoms with Crippen LogP contribution in [0.4, 0.5) is 13.2 Å². The Morgan fingerprint density at radius 1 is 1.21 bits per heavy atom. The number of aryl methyl sites for hydroxylation is 1. The van der Waals surface area contributed by atoms with Gasteiger partial charge in [0.05, 0.1) is 0 Å². The fourth-order valence-electron chi connectivity index (χ4n) is 1.27. The van der Waals surface area contributed by atoms with Crippen molar-refractivity contribution in [1.29, 1.82) is 0 Å². The fourth-order valence-corrected chi connectivity index (χ4v) is 1.27. The van der Waals surface area contributed by atoms with E-state index in [1.165, 1.54) is 6.92 Å². The number of hydrogen-bond acceptors (Lipinski definition) is 1. The monoisotopic (exact) mass is 203 g/mol. The van der Waals surface area contributed by atoms with Gasteiger partial charge in [0, 0.05) is 11.6 Å². The smallest absolute Gasteiger partial charge is 0.166 e. The van der Waals surface area contributed by atoms with Crippen LogP contribution in [0, 0.1) is 24.4 Å². The summed E-state index contributed by atoms with van der Waals surface area (Å²) in [6, 6.07) is 0.451. The molecule has 1 atom stereocenters. The first-order valence-corrected chi connectivity index (χ1v) is 4.30. The van der Waals surface area contributed by atoms with E-state index in [2.05, 4.69) is 5.32 Å². The van der Waals surface area contributed by atoms with E-state index in [0.29, 0.717) is 0 Å². The maximum atomic E-state index is 13.3. The minimum atomic E-state index is -1.11. The molecule has 1 aromatic carbocycles. The number of benzene rings is 1. The highest BCUT2D eigenvalue weighted by atomic mass is 19.2. The summed E-state index contributed by atoms with van der Waals surface area (Å²) >= 11 is 0. The lowest BCUT2D eigenvalue weighted by Crippen LogP contribution is -2.17. The Labute approximate surface area is 80.9 Å². The molecule has 0 saturated carbocycles. The molecule has 0 fully saturated rings. The summed E-state index contributed by atoms with van der Waals surface area (Å²) in [7, 11) is 1.56. The Bertz CT molecular complexity index is 350. The van der Waals surface area contributed by atoms with Crippen LogP contribution in [0.5, 0.6) is 0 Å². The molecule has 4 heteroatoms. The largest absolute Gasteiger partial charge is 0.313 e. The van der Waals surface area contributed by atoms with Crippen LogP contribution in [0.2, 0.25) is 0 Å². The molecule has 0 aliphatic rings. The highest BCUT2D eigenvalue weighted by Gasteiger charge is 2.20. The predicted molar refractivity (Wildman–Crippen MR) is 48.5 cm³/mol. The van der Waals surface area contributed by atoms with E-state index < -0.39 is 23.5 Å². The summed E-state index contributed by atoms with van der Waals surface area (Å²) in [6.45, 7) is 2.89. The Kier molecular flexibility index (Phi) is 3.16. The van der Waals surface area contributed by atoms with Gasteiger partial charge in [0.2, 0.25) is 0 Å². The molecule has 0 amide bonds. The van der Waals surface area contributed by atoms with Gasteiger partial charge in [-0.2, -0.15) is 0 Å². The third kappa shape index (κ3) is 1.75. The van der Waals surface area contributed by atoms with Crippen LogP contribution in [-0.4, -0.2) is 7.05 Å². The van der Waals surface area contributed by atoms with Gasteiger partial charge >= 0.3 is 0 Å². The summed E-state index contributed by atoms with van der Waals surface area (Å²) in [5.41, 5.74) is -0.275. The molecule has 78 valence electrons. The van der Waals surface area contributed by atoms with E-state index in [4.69, 9.17) is 0 Å². The molecule has 1 aromatic rings. The maximum Gasteiger partial charge on any atom is 0.166 e. The maximum absolute atomic E-state index is 13.3. The van der Waals surface area contributed by atoms with Gasteiger partial charge in [-0.1, -0.05) is 0 Å². The van der Waals surface area contributed by atoms with Crippen LogP contribution in [0.1, 0.15) is 24.1 Å². The molecular formula is C10H12F3N. The Morgan fingerprint density at radius 3 is 2.29 bits per heavy atom. The molecule has 14 heavy (non-hydrogen) atoms. The van der Waals surface area contributed by atoms with Crippen molar-refractivity contribution in [2.45, 2.75) is 19.9 Å². The standard InChI is InChI=1S/C10H12F3N/c1-5-4-7(11)8(6(2)14-3)10(13)9(5)12/h4,6,14H,1-3H3/t6-/m1/s1. The molecule has 0 unspecified atom stereocenters. The quantitative estimate of drug-likeness (QED) is 0.729. The molecule has 0 saturated heterocycles. The highest BCUT2D eigenvalue weighted by molar-refractivity contribution is 5.29. The molecule has 0 radical (unpaired) electrons. The number of hydrogen-bond donors (Lipinski definition) is 1. The van der Waals surface area contributed by atoms with E-state index >= 15 is 0 Å². The molecule has 0 aromatic heterocycles. The van der Waals surface area contributed by atoms with E-state index in [0.717, 1.165) is 6.07 Å². The van der Waals surface area contributed by atoms with Crippen molar-refractivity contribution in [1.82, 2.24) is 5.32 Å². The van der Waals surface area contributed by atoms with Gasteiger partial charge in [-0.25, -0.2) is 13.2 Å². The van der Waals surface area contributed by atoms with Crippen LogP contribution in [0.3, 0.4) is 0 Å². The van der Waals surface area contributed by atoms with E-state index in [-0.39, 0.29) is 11.1 Å². The number of nitrogens with one attached hydrogen (secondary N) is 1. The molecule has 1 rings (SSSR count). The van der Waals surface area contributed by atoms with Crippen molar-refractivity contribution in [2.24, 2.45) is 0 Å². The molecular weight excluding hydrogens is 191 g/mol. The highest BCUT2D eigenvalue weighted by Crippen LogP contribution is 2.24. The number of rotatable bonds is 2. The van der Waals surface area contributed by atoms with Crippen molar-refractivity contribution in [2.75, 3.05) is 7.05 Å². The van der Waals surface area contributed by atoms with E-state index in [9.17, 15) is 13.2 Å². The lowest BCUT2D eigenvalue weighted by molar-refractivity contribution is 0.453. The second kappa shape index (κ2) is 4.00. The third-order valence-electron chi connectivity index (χ3n) is 2.24. The molecule has 0 aliphatic heterocycles. The molecule has 0 spiro atoms.